The number of unbranched alkanes of at least 4 members (excludes halogenated alkanes) is 12. The lowest BCUT2D eigenvalue weighted by atomic mass is 10.1. The summed E-state index contributed by atoms with van der Waals surface area (Å²) in [4.78, 5) is 66.7. The van der Waals surface area contributed by atoms with Crippen molar-refractivity contribution in [2.75, 3.05) is 28.6 Å². The lowest BCUT2D eigenvalue weighted by Crippen LogP contribution is -2.21. The van der Waals surface area contributed by atoms with Gasteiger partial charge in [0.05, 0.1) is 0 Å². The number of benzene rings is 3. The Morgan fingerprint density at radius 3 is 1.27 bits per heavy atom. The van der Waals surface area contributed by atoms with E-state index in [1.807, 2.05) is 57.2 Å². The highest BCUT2D eigenvalue weighted by Crippen LogP contribution is 2.15. The molecule has 2 amide bonds. The van der Waals surface area contributed by atoms with Gasteiger partial charge in [-0.1, -0.05) is 151 Å². The molecule has 2 aromatic heterocycles. The smallest absolute Gasteiger partial charge is 0.272 e. The maximum atomic E-state index is 12.7. The molecule has 3 aromatic carbocycles. The number of anilines is 4. The fraction of sp³-hybridized carbons (Fsp3) is 0.444. The Labute approximate surface area is 437 Å². The van der Waals surface area contributed by atoms with Crippen LogP contribution < -0.4 is 33.6 Å². The van der Waals surface area contributed by atoms with Crippen LogP contribution in [0.4, 0.5) is 23.8 Å². The molecule has 0 saturated heterocycles. The number of nitrogen functional groups attached to an aromatic ring is 2. The van der Waals surface area contributed by atoms with Gasteiger partial charge in [-0.05, 0) is 82.0 Å². The molecule has 10 N–H and O–H groups in total. The van der Waals surface area contributed by atoms with Crippen LogP contribution in [0.5, 0.6) is 0 Å². The molecule has 5 rings (SSSR count). The number of rotatable bonds is 22. The van der Waals surface area contributed by atoms with Crippen LogP contribution in [0.25, 0.3) is 9.80 Å². The summed E-state index contributed by atoms with van der Waals surface area (Å²) in [5, 5.41) is 7.98. The molecule has 19 heteroatoms. The van der Waals surface area contributed by atoms with Crippen LogP contribution >= 0.6 is 11.6 Å². The molecule has 0 atom stereocenters. The van der Waals surface area contributed by atoms with E-state index in [4.69, 9.17) is 47.7 Å². The number of carbonyl (C=O) groups is 3. The van der Waals surface area contributed by atoms with Gasteiger partial charge in [0.1, 0.15) is 16.8 Å². The molecule has 0 aliphatic heterocycles. The molecular weight excluding hydrogens is 942 g/mol. The summed E-state index contributed by atoms with van der Waals surface area (Å²) in [5.74, 6) is 1.11. The van der Waals surface area contributed by atoms with Crippen LogP contribution in [-0.4, -0.2) is 59.5 Å². The van der Waals surface area contributed by atoms with E-state index in [0.717, 1.165) is 61.8 Å². The molecule has 0 aliphatic rings. The molecule has 0 spiro atoms. The van der Waals surface area contributed by atoms with Gasteiger partial charge in [-0.2, -0.15) is 36.5 Å². The number of nitrogens with two attached hydrogens (primary N) is 4. The highest BCUT2D eigenvalue weighted by molar-refractivity contribution is 6.67. The van der Waals surface area contributed by atoms with Crippen LogP contribution in [0.2, 0.25) is 0 Å². The molecule has 18 nitrogen and oxygen atoms in total. The fourth-order valence-corrected chi connectivity index (χ4v) is 6.64. The zero-order chi connectivity index (χ0) is 54.2. The van der Waals surface area contributed by atoms with Crippen molar-refractivity contribution in [2.45, 2.75) is 151 Å². The number of hydrogen-bond acceptors (Lipinski definition) is 12. The van der Waals surface area contributed by atoms with Gasteiger partial charge < -0.3 is 27.8 Å². The third-order valence-electron chi connectivity index (χ3n) is 10.2. The van der Waals surface area contributed by atoms with Gasteiger partial charge in [-0.3, -0.25) is 25.0 Å². The molecular formula is C54H76ClN15O3. The average molecular weight is 1020 g/mol. The van der Waals surface area contributed by atoms with Gasteiger partial charge in [-0.15, -0.1) is 4.95 Å². The van der Waals surface area contributed by atoms with Crippen LogP contribution in [-0.2, 0) is 12.8 Å². The number of aryl methyl sites for hydroxylation is 5. The van der Waals surface area contributed by atoms with Crippen molar-refractivity contribution in [3.8, 4) is 0 Å². The first kappa shape index (κ1) is 63.4. The maximum Gasteiger partial charge on any atom is 0.272 e. The number of guanidine groups is 1. The third-order valence-corrected chi connectivity index (χ3v) is 10.4. The normalized spacial score (nSPS) is 9.82. The molecule has 0 unspecified atom stereocenters. The third kappa shape index (κ3) is 31.4. The Kier molecular flexibility index (Phi) is 34.0. The summed E-state index contributed by atoms with van der Waals surface area (Å²) >= 11 is 5.24. The monoisotopic (exact) mass is 1020 g/mol. The van der Waals surface area contributed by atoms with Crippen molar-refractivity contribution in [1.82, 2.24) is 29.9 Å². The van der Waals surface area contributed by atoms with E-state index in [1.165, 1.54) is 64.2 Å². The molecule has 0 aliphatic carbocycles. The Balaban J connectivity index is 0.000000545. The lowest BCUT2D eigenvalue weighted by molar-refractivity contribution is 0.101. The molecule has 0 fully saturated rings. The van der Waals surface area contributed by atoms with E-state index >= 15 is 0 Å². The molecule has 0 bridgehead atoms. The molecule has 5 aromatic rings. The quantitative estimate of drug-likeness (QED) is 0.00941. The molecule has 2 heterocycles. The van der Waals surface area contributed by atoms with Crippen molar-refractivity contribution in [3.05, 3.63) is 141 Å². The van der Waals surface area contributed by atoms with E-state index in [1.54, 1.807) is 36.4 Å². The zero-order valence-electron chi connectivity index (χ0n) is 43.6. The molecule has 0 saturated carbocycles. The van der Waals surface area contributed by atoms with Gasteiger partial charge in [0.15, 0.2) is 0 Å². The number of hydrogen-bond donors (Lipinski definition) is 6. The lowest BCUT2D eigenvalue weighted by Gasteiger charge is -2.10. The van der Waals surface area contributed by atoms with Crippen molar-refractivity contribution >= 4 is 58.4 Å². The van der Waals surface area contributed by atoms with E-state index in [2.05, 4.69) is 76.2 Å². The predicted octanol–water partition coefficient (Wildman–Crippen LogP) is 11.4. The SMILES string of the molecule is CCCCCCCc1nc(N)nc(N)n1.CCCCCCCc1nc(NC(=O)c2cccc(C)c2)nc(NC(=O)c2cccc(C)c2)n1.Cc1cccc(C(=O)Cl)c1.[C-]#[N+]CCCCCCC.[C-]#[N+]N=C(N)N. The Morgan fingerprint density at radius 1 is 0.548 bits per heavy atom. The van der Waals surface area contributed by atoms with E-state index in [-0.39, 0.29) is 41.6 Å². The summed E-state index contributed by atoms with van der Waals surface area (Å²) in [5.41, 5.74) is 25.0. The Hall–Kier alpha value is -7.57. The van der Waals surface area contributed by atoms with E-state index < -0.39 is 5.24 Å². The van der Waals surface area contributed by atoms with Crippen LogP contribution in [0.15, 0.2) is 77.9 Å². The fourth-order valence-electron chi connectivity index (χ4n) is 6.52. The van der Waals surface area contributed by atoms with Gasteiger partial charge in [0, 0.05) is 36.0 Å². The second-order valence-corrected chi connectivity index (χ2v) is 17.2. The van der Waals surface area contributed by atoms with Crippen molar-refractivity contribution < 1.29 is 14.4 Å². The number of nitrogens with zero attached hydrogens (tertiary/aromatic N) is 9. The molecule has 73 heavy (non-hydrogen) atoms. The molecule has 392 valence electrons. The summed E-state index contributed by atoms with van der Waals surface area (Å²) < 4.78 is 0. The van der Waals surface area contributed by atoms with Crippen molar-refractivity contribution in [1.29, 1.82) is 0 Å². The molecule has 0 radical (unpaired) electrons. The van der Waals surface area contributed by atoms with Crippen LogP contribution in [0, 0.1) is 33.9 Å². The predicted molar refractivity (Wildman–Crippen MR) is 296 cm³/mol. The highest BCUT2D eigenvalue weighted by atomic mass is 35.5. The first-order chi connectivity index (χ1) is 35.0. The minimum absolute atomic E-state index is 0.125. The van der Waals surface area contributed by atoms with Gasteiger partial charge in [-0.25, -0.2) is 6.57 Å². The first-order valence-corrected chi connectivity index (χ1v) is 25.2. The summed E-state index contributed by atoms with van der Waals surface area (Å²) in [7, 11) is 0. The van der Waals surface area contributed by atoms with Crippen molar-refractivity contribution in [2.24, 2.45) is 16.6 Å². The summed E-state index contributed by atoms with van der Waals surface area (Å²) in [6.07, 6.45) is 19.4. The average Bonchev–Trinajstić information content (AvgIpc) is 3.34. The minimum Gasteiger partial charge on any atom is -0.368 e. The number of halogens is 1. The number of aromatic nitrogens is 6. The van der Waals surface area contributed by atoms with Gasteiger partial charge in [0.25, 0.3) is 23.0 Å². The first-order valence-electron chi connectivity index (χ1n) is 24.9. The van der Waals surface area contributed by atoms with Gasteiger partial charge >= 0.3 is 0 Å². The summed E-state index contributed by atoms with van der Waals surface area (Å²) in [6.45, 7) is 25.6. The topological polar surface area (TPSA) is 278 Å². The van der Waals surface area contributed by atoms with Crippen LogP contribution in [0.1, 0.15) is 176 Å². The Morgan fingerprint density at radius 2 is 0.932 bits per heavy atom. The van der Waals surface area contributed by atoms with E-state index in [0.29, 0.717) is 34.8 Å². The van der Waals surface area contributed by atoms with Crippen LogP contribution in [0.3, 0.4) is 0 Å². The minimum atomic E-state index is -0.399. The largest absolute Gasteiger partial charge is 0.368 e. The zero-order valence-corrected chi connectivity index (χ0v) is 44.3. The number of nitrogens with one attached hydrogen (secondary N) is 2. The van der Waals surface area contributed by atoms with E-state index in [9.17, 15) is 14.4 Å². The maximum absolute atomic E-state index is 12.7. The summed E-state index contributed by atoms with van der Waals surface area (Å²) in [6, 6.07) is 21.8. The highest BCUT2D eigenvalue weighted by Gasteiger charge is 2.15. The second kappa shape index (κ2) is 39.1. The number of amides is 2. The number of carbonyl (C=O) groups excluding carboxylic acids is 3. The Bertz CT molecular complexity index is 2420. The standard InChI is InChI=1S/C26H31N5O2.C10H19N5.C8H7ClO.C8H15N.C2H4N4/c1-4-5-6-7-8-15-22-27-25(29-23(32)20-13-9-11-18(2)16-20)31-26(28-22)30-24(33)21-14-10-12-19(3)17-21;1-2-3-4-5-6-7-8-13-9(11)15-10(12)14-8;1-6-3-2-4-7(5-6)8(9)10;1-3-4-5-6-7-8-9-2;1-5-6-2(3)4/h9-14,16-17H,4-8,15H2,1-3H3,(H2,27,28,29,30,31,32,33);2-7H2,1H3,(H4,11,12,13,14,15);2-5H,1H3;3-8H2,1H3;(H4,3,4,6). The second-order valence-electron chi connectivity index (χ2n) is 16.9. The van der Waals surface area contributed by atoms with Crippen molar-refractivity contribution in [3.63, 3.8) is 0 Å². The van der Waals surface area contributed by atoms with Gasteiger partial charge in [0.2, 0.25) is 30.3 Å².